The second kappa shape index (κ2) is 6.81. The lowest BCUT2D eigenvalue weighted by atomic mass is 10.1. The molecule has 5 nitrogen and oxygen atoms in total. The molecule has 0 bridgehead atoms. The summed E-state index contributed by atoms with van der Waals surface area (Å²) in [6, 6.07) is 5.06. The number of hydrogen-bond donors (Lipinski definition) is 2. The smallest absolute Gasteiger partial charge is 0.227 e. The fourth-order valence-electron chi connectivity index (χ4n) is 2.33. The van der Waals surface area contributed by atoms with Crippen LogP contribution in [0, 0.1) is 5.82 Å². The molecule has 1 saturated heterocycles. The van der Waals surface area contributed by atoms with Gasteiger partial charge < -0.3 is 15.4 Å². The number of nitrogens with zero attached hydrogens (tertiary/aromatic N) is 2. The van der Waals surface area contributed by atoms with Crippen molar-refractivity contribution < 1.29 is 9.13 Å². The van der Waals surface area contributed by atoms with Crippen LogP contribution in [0.3, 0.4) is 0 Å². The Morgan fingerprint density at radius 2 is 2.18 bits per heavy atom. The van der Waals surface area contributed by atoms with Crippen molar-refractivity contribution in [3.8, 4) is 0 Å². The predicted molar refractivity (Wildman–Crippen MR) is 82.7 cm³/mol. The zero-order valence-electron chi connectivity index (χ0n) is 12.5. The maximum absolute atomic E-state index is 14.2. The van der Waals surface area contributed by atoms with Gasteiger partial charge in [-0.1, -0.05) is 13.0 Å². The van der Waals surface area contributed by atoms with Crippen LogP contribution in [0.5, 0.6) is 0 Å². The first-order valence-corrected chi connectivity index (χ1v) is 7.46. The third-order valence-electron chi connectivity index (χ3n) is 3.65. The third kappa shape index (κ3) is 3.40. The van der Waals surface area contributed by atoms with Crippen LogP contribution in [-0.4, -0.2) is 29.7 Å². The summed E-state index contributed by atoms with van der Waals surface area (Å²) in [5.41, 5.74) is 2.23. The van der Waals surface area contributed by atoms with Gasteiger partial charge in [-0.25, -0.2) is 14.4 Å². The van der Waals surface area contributed by atoms with E-state index < -0.39 is 0 Å². The Morgan fingerprint density at radius 3 is 2.82 bits per heavy atom. The highest BCUT2D eigenvalue weighted by molar-refractivity contribution is 5.54. The number of morpholine rings is 1. The lowest BCUT2D eigenvalue weighted by Crippen LogP contribution is -2.33. The molecule has 2 aromatic rings. The molecule has 1 atom stereocenters. The molecule has 2 heterocycles. The Kier molecular flexibility index (Phi) is 4.60. The molecule has 6 heteroatoms. The number of halogens is 1. The van der Waals surface area contributed by atoms with E-state index in [0.717, 1.165) is 24.1 Å². The van der Waals surface area contributed by atoms with Crippen molar-refractivity contribution in [2.24, 2.45) is 0 Å². The highest BCUT2D eigenvalue weighted by Crippen LogP contribution is 2.24. The highest BCUT2D eigenvalue weighted by atomic mass is 19.1. The molecule has 3 rings (SSSR count). The van der Waals surface area contributed by atoms with Gasteiger partial charge in [-0.3, -0.25) is 0 Å². The molecule has 0 radical (unpaired) electrons. The second-order valence-electron chi connectivity index (χ2n) is 5.20. The minimum Gasteiger partial charge on any atom is -0.371 e. The highest BCUT2D eigenvalue weighted by Gasteiger charge is 2.17. The first-order valence-electron chi connectivity index (χ1n) is 7.46. The minimum atomic E-state index is -0.338. The van der Waals surface area contributed by atoms with Crippen molar-refractivity contribution in [2.45, 2.75) is 19.4 Å². The van der Waals surface area contributed by atoms with Gasteiger partial charge in [-0.05, 0) is 29.7 Å². The lowest BCUT2D eigenvalue weighted by molar-refractivity contribution is 0.0275. The first-order chi connectivity index (χ1) is 10.8. The number of benzene rings is 1. The predicted octanol–water partition coefficient (Wildman–Crippen LogP) is 2.58. The number of hydrogen-bond acceptors (Lipinski definition) is 5. The van der Waals surface area contributed by atoms with E-state index >= 15 is 0 Å². The molecule has 1 aromatic heterocycles. The summed E-state index contributed by atoms with van der Waals surface area (Å²) in [5, 5.41) is 6.13. The van der Waals surface area contributed by atoms with E-state index in [9.17, 15) is 4.39 Å². The molecule has 1 aliphatic heterocycles. The van der Waals surface area contributed by atoms with Crippen LogP contribution in [0.4, 0.5) is 16.0 Å². The maximum atomic E-state index is 14.2. The van der Waals surface area contributed by atoms with E-state index in [1.165, 1.54) is 6.07 Å². The number of nitrogens with one attached hydrogen (secondary N) is 2. The summed E-state index contributed by atoms with van der Waals surface area (Å²) in [7, 11) is 0. The van der Waals surface area contributed by atoms with E-state index in [1.807, 2.05) is 13.0 Å². The van der Waals surface area contributed by atoms with E-state index in [-0.39, 0.29) is 11.9 Å². The number of rotatable bonds is 4. The average molecular weight is 302 g/mol. The van der Waals surface area contributed by atoms with E-state index in [0.29, 0.717) is 24.8 Å². The van der Waals surface area contributed by atoms with Crippen LogP contribution in [0.15, 0.2) is 30.6 Å². The van der Waals surface area contributed by atoms with Gasteiger partial charge in [0.2, 0.25) is 5.95 Å². The van der Waals surface area contributed by atoms with Gasteiger partial charge in [0.1, 0.15) is 5.82 Å². The monoisotopic (exact) mass is 302 g/mol. The average Bonchev–Trinajstić information content (AvgIpc) is 2.58. The Balaban J connectivity index is 1.73. The van der Waals surface area contributed by atoms with Gasteiger partial charge in [0.05, 0.1) is 18.4 Å². The van der Waals surface area contributed by atoms with Crippen molar-refractivity contribution in [3.63, 3.8) is 0 Å². The van der Waals surface area contributed by atoms with Crippen molar-refractivity contribution in [1.82, 2.24) is 15.3 Å². The molecule has 0 aliphatic carbocycles. The Bertz CT molecular complexity index is 627. The number of ether oxygens (including phenoxy) is 1. The zero-order chi connectivity index (χ0) is 15.4. The van der Waals surface area contributed by atoms with Crippen molar-refractivity contribution in [3.05, 3.63) is 47.5 Å². The molecule has 1 aliphatic rings. The fourth-order valence-corrected chi connectivity index (χ4v) is 2.33. The molecular weight excluding hydrogens is 283 g/mol. The van der Waals surface area contributed by atoms with Gasteiger partial charge in [-0.15, -0.1) is 0 Å². The molecule has 116 valence electrons. The van der Waals surface area contributed by atoms with E-state index in [1.54, 1.807) is 18.5 Å². The van der Waals surface area contributed by atoms with Crippen LogP contribution in [0.1, 0.15) is 24.2 Å². The van der Waals surface area contributed by atoms with Crippen LogP contribution in [0.2, 0.25) is 0 Å². The van der Waals surface area contributed by atoms with Gasteiger partial charge in [0, 0.05) is 25.5 Å². The summed E-state index contributed by atoms with van der Waals surface area (Å²) in [6.45, 7) is 4.22. The Hall–Kier alpha value is -2.05. The van der Waals surface area contributed by atoms with Gasteiger partial charge in [-0.2, -0.15) is 0 Å². The lowest BCUT2D eigenvalue weighted by Gasteiger charge is -2.24. The number of aromatic nitrogens is 2. The molecule has 1 aromatic carbocycles. The molecule has 0 saturated carbocycles. The quantitative estimate of drug-likeness (QED) is 0.909. The van der Waals surface area contributed by atoms with E-state index in [2.05, 4.69) is 20.6 Å². The van der Waals surface area contributed by atoms with Crippen molar-refractivity contribution in [2.75, 3.05) is 25.0 Å². The number of aryl methyl sites for hydroxylation is 1. The van der Waals surface area contributed by atoms with Crippen LogP contribution in [0.25, 0.3) is 0 Å². The van der Waals surface area contributed by atoms with Crippen molar-refractivity contribution in [1.29, 1.82) is 0 Å². The zero-order valence-corrected chi connectivity index (χ0v) is 12.5. The van der Waals surface area contributed by atoms with Crippen LogP contribution in [-0.2, 0) is 11.2 Å². The molecule has 0 spiro atoms. The second-order valence-corrected chi connectivity index (χ2v) is 5.20. The van der Waals surface area contributed by atoms with Crippen LogP contribution >= 0.6 is 0 Å². The summed E-state index contributed by atoms with van der Waals surface area (Å²) in [5.74, 6) is 0.0503. The summed E-state index contributed by atoms with van der Waals surface area (Å²) in [4.78, 5) is 8.35. The maximum Gasteiger partial charge on any atom is 0.227 e. The standard InChI is InChI=1S/C16H19FN4O/c1-2-11-8-19-16(20-9-11)21-14-4-3-12(7-13(14)17)15-10-18-5-6-22-15/h3-4,7-9,15,18H,2,5-6,10H2,1H3,(H,19,20,21)/t15-/m1/s1. The Morgan fingerprint density at radius 1 is 1.36 bits per heavy atom. The van der Waals surface area contributed by atoms with Crippen molar-refractivity contribution >= 4 is 11.6 Å². The van der Waals surface area contributed by atoms with Crippen LogP contribution < -0.4 is 10.6 Å². The Labute approximate surface area is 128 Å². The molecule has 2 N–H and O–H groups in total. The normalized spacial score (nSPS) is 18.2. The minimum absolute atomic E-state index is 0.0996. The fraction of sp³-hybridized carbons (Fsp3) is 0.375. The largest absolute Gasteiger partial charge is 0.371 e. The summed E-state index contributed by atoms with van der Waals surface area (Å²) < 4.78 is 19.9. The molecule has 0 amide bonds. The third-order valence-corrected chi connectivity index (χ3v) is 3.65. The van der Waals surface area contributed by atoms with Gasteiger partial charge in [0.15, 0.2) is 0 Å². The van der Waals surface area contributed by atoms with E-state index in [4.69, 9.17) is 4.74 Å². The summed E-state index contributed by atoms with van der Waals surface area (Å²) in [6.07, 6.45) is 4.25. The molecule has 0 unspecified atom stereocenters. The molecule has 1 fully saturated rings. The SMILES string of the molecule is CCc1cnc(Nc2ccc([C@H]3CNCCO3)cc2F)nc1. The summed E-state index contributed by atoms with van der Waals surface area (Å²) >= 11 is 0. The number of anilines is 2. The molecular formula is C16H19FN4O. The van der Waals surface area contributed by atoms with Gasteiger partial charge in [0.25, 0.3) is 0 Å². The topological polar surface area (TPSA) is 59.1 Å². The molecule has 22 heavy (non-hydrogen) atoms. The van der Waals surface area contributed by atoms with Gasteiger partial charge >= 0.3 is 0 Å². The first kappa shape index (κ1) is 14.9.